The first kappa shape index (κ1) is 13.5. The molecule has 0 N–H and O–H groups in total. The molecule has 0 aliphatic rings. The Morgan fingerprint density at radius 1 is 1.19 bits per heavy atom. The molecular weight excluding hydrogens is 271 g/mol. The van der Waals surface area contributed by atoms with Crippen LogP contribution in [0.3, 0.4) is 0 Å². The van der Waals surface area contributed by atoms with Crippen molar-refractivity contribution in [3.8, 4) is 0 Å². The van der Waals surface area contributed by atoms with E-state index in [4.69, 9.17) is 23.2 Å². The number of hydrogen-bond acceptors (Lipinski definition) is 3. The van der Waals surface area contributed by atoms with Crippen molar-refractivity contribution in [1.82, 2.24) is 0 Å². The lowest BCUT2D eigenvalue weighted by molar-refractivity contribution is -0.111. The molecule has 0 spiro atoms. The van der Waals surface area contributed by atoms with Gasteiger partial charge in [-0.1, -0.05) is 11.6 Å². The SMILES string of the molecule is O=C(Cl)CCCS(=O)(=O)c1ccc(Cl)cc1. The first-order valence-electron chi connectivity index (χ1n) is 4.58. The van der Waals surface area contributed by atoms with Crippen LogP contribution in [0.25, 0.3) is 0 Å². The minimum atomic E-state index is -3.34. The fourth-order valence-corrected chi connectivity index (χ4v) is 2.73. The third-order valence-corrected chi connectivity index (χ3v) is 4.22. The van der Waals surface area contributed by atoms with E-state index in [1.807, 2.05) is 0 Å². The quantitative estimate of drug-likeness (QED) is 0.780. The van der Waals surface area contributed by atoms with Crippen LogP contribution in [0.1, 0.15) is 12.8 Å². The minimum absolute atomic E-state index is 0.0639. The number of carbonyl (C=O) groups is 1. The van der Waals surface area contributed by atoms with Crippen molar-refractivity contribution in [2.45, 2.75) is 17.7 Å². The second kappa shape index (κ2) is 5.66. The molecule has 0 heterocycles. The highest BCUT2D eigenvalue weighted by Crippen LogP contribution is 2.16. The Hall–Kier alpha value is -0.580. The zero-order valence-electron chi connectivity index (χ0n) is 8.32. The maximum absolute atomic E-state index is 11.7. The van der Waals surface area contributed by atoms with Crippen molar-refractivity contribution < 1.29 is 13.2 Å². The predicted molar refractivity (Wildman–Crippen MR) is 63.6 cm³/mol. The molecule has 0 saturated heterocycles. The number of halogens is 2. The number of rotatable bonds is 5. The Kier molecular flexibility index (Phi) is 4.77. The highest BCUT2D eigenvalue weighted by molar-refractivity contribution is 7.91. The van der Waals surface area contributed by atoms with Gasteiger partial charge in [-0.25, -0.2) is 8.42 Å². The summed E-state index contributed by atoms with van der Waals surface area (Å²) in [6.45, 7) is 0. The van der Waals surface area contributed by atoms with Gasteiger partial charge in [0.05, 0.1) is 10.6 Å². The van der Waals surface area contributed by atoms with E-state index in [1.165, 1.54) is 24.3 Å². The fraction of sp³-hybridized carbons (Fsp3) is 0.300. The number of hydrogen-bond donors (Lipinski definition) is 0. The van der Waals surface area contributed by atoms with Gasteiger partial charge in [-0.3, -0.25) is 4.79 Å². The van der Waals surface area contributed by atoms with Gasteiger partial charge in [-0.05, 0) is 42.3 Å². The Morgan fingerprint density at radius 2 is 1.75 bits per heavy atom. The molecule has 6 heteroatoms. The van der Waals surface area contributed by atoms with Gasteiger partial charge in [0, 0.05) is 11.4 Å². The zero-order chi connectivity index (χ0) is 12.2. The van der Waals surface area contributed by atoms with Gasteiger partial charge in [0.15, 0.2) is 9.84 Å². The molecular formula is C10H10Cl2O3S. The summed E-state index contributed by atoms with van der Waals surface area (Å²) < 4.78 is 23.5. The summed E-state index contributed by atoms with van der Waals surface area (Å²) in [4.78, 5) is 10.7. The van der Waals surface area contributed by atoms with Gasteiger partial charge in [0.1, 0.15) is 0 Å². The van der Waals surface area contributed by atoms with Crippen LogP contribution in [0.5, 0.6) is 0 Å². The topological polar surface area (TPSA) is 51.2 Å². The van der Waals surface area contributed by atoms with Gasteiger partial charge in [0.25, 0.3) is 0 Å². The van der Waals surface area contributed by atoms with Crippen LogP contribution >= 0.6 is 23.2 Å². The average Bonchev–Trinajstić information content (AvgIpc) is 2.17. The average molecular weight is 281 g/mol. The van der Waals surface area contributed by atoms with E-state index in [2.05, 4.69) is 0 Å². The molecule has 0 radical (unpaired) electrons. The lowest BCUT2D eigenvalue weighted by Crippen LogP contribution is -2.07. The smallest absolute Gasteiger partial charge is 0.221 e. The highest BCUT2D eigenvalue weighted by atomic mass is 35.5. The molecule has 0 fully saturated rings. The third-order valence-electron chi connectivity index (χ3n) is 1.96. The van der Waals surface area contributed by atoms with Gasteiger partial charge < -0.3 is 0 Å². The van der Waals surface area contributed by atoms with E-state index >= 15 is 0 Å². The molecule has 1 aromatic carbocycles. The molecule has 88 valence electrons. The van der Waals surface area contributed by atoms with Crippen molar-refractivity contribution in [2.75, 3.05) is 5.75 Å². The molecule has 0 aromatic heterocycles. The largest absolute Gasteiger partial charge is 0.281 e. The first-order chi connectivity index (χ1) is 7.42. The van der Waals surface area contributed by atoms with Crippen molar-refractivity contribution in [3.63, 3.8) is 0 Å². The number of sulfone groups is 1. The lowest BCUT2D eigenvalue weighted by atomic mass is 10.4. The van der Waals surface area contributed by atoms with Crippen LogP contribution in [-0.2, 0) is 14.6 Å². The molecule has 3 nitrogen and oxygen atoms in total. The summed E-state index contributed by atoms with van der Waals surface area (Å²) in [5.74, 6) is -0.0902. The molecule has 1 rings (SSSR count). The summed E-state index contributed by atoms with van der Waals surface area (Å²) in [6.07, 6.45) is 0.293. The van der Waals surface area contributed by atoms with Crippen LogP contribution in [0, 0.1) is 0 Å². The fourth-order valence-electron chi connectivity index (χ4n) is 1.16. The monoisotopic (exact) mass is 280 g/mol. The summed E-state index contributed by atoms with van der Waals surface area (Å²) in [7, 11) is -3.34. The standard InChI is InChI=1S/C10H10Cl2O3S/c11-8-3-5-9(6-4-8)16(14,15)7-1-2-10(12)13/h3-6H,1-2,7H2. The third kappa shape index (κ3) is 4.12. The second-order valence-corrected chi connectivity index (χ2v) is 6.20. The van der Waals surface area contributed by atoms with Gasteiger partial charge >= 0.3 is 0 Å². The molecule has 0 amide bonds. The maximum atomic E-state index is 11.7. The number of carbonyl (C=O) groups excluding carboxylic acids is 1. The van der Waals surface area contributed by atoms with Crippen LogP contribution in [-0.4, -0.2) is 19.4 Å². The Morgan fingerprint density at radius 3 is 2.25 bits per heavy atom. The Labute approximate surface area is 104 Å². The van der Waals surface area contributed by atoms with Crippen molar-refractivity contribution in [1.29, 1.82) is 0 Å². The van der Waals surface area contributed by atoms with Gasteiger partial charge in [-0.2, -0.15) is 0 Å². The summed E-state index contributed by atoms with van der Waals surface area (Å²) in [5, 5.41) is -0.0406. The van der Waals surface area contributed by atoms with E-state index in [-0.39, 0.29) is 23.5 Å². The molecule has 0 unspecified atom stereocenters. The van der Waals surface area contributed by atoms with Crippen LogP contribution < -0.4 is 0 Å². The summed E-state index contributed by atoms with van der Waals surface area (Å²) in [5.41, 5.74) is 0. The van der Waals surface area contributed by atoms with Gasteiger partial charge in [0.2, 0.25) is 5.24 Å². The normalized spacial score (nSPS) is 11.4. The highest BCUT2D eigenvalue weighted by Gasteiger charge is 2.14. The minimum Gasteiger partial charge on any atom is -0.281 e. The van der Waals surface area contributed by atoms with Crippen LogP contribution in [0.2, 0.25) is 5.02 Å². The van der Waals surface area contributed by atoms with E-state index < -0.39 is 15.1 Å². The molecule has 0 aliphatic carbocycles. The Balaban J connectivity index is 2.71. The molecule has 0 aliphatic heterocycles. The van der Waals surface area contributed by atoms with Crippen molar-refractivity contribution >= 4 is 38.3 Å². The van der Waals surface area contributed by atoms with E-state index in [0.29, 0.717) is 5.02 Å². The predicted octanol–water partition coefficient (Wildman–Crippen LogP) is 2.66. The summed E-state index contributed by atoms with van der Waals surface area (Å²) in [6, 6.07) is 5.92. The molecule has 16 heavy (non-hydrogen) atoms. The molecule has 0 saturated carbocycles. The summed E-state index contributed by atoms with van der Waals surface area (Å²) >= 11 is 10.8. The van der Waals surface area contributed by atoms with Crippen molar-refractivity contribution in [2.24, 2.45) is 0 Å². The lowest BCUT2D eigenvalue weighted by Gasteiger charge is -2.03. The van der Waals surface area contributed by atoms with Crippen LogP contribution in [0.4, 0.5) is 0 Å². The molecule has 0 atom stereocenters. The van der Waals surface area contributed by atoms with E-state index in [9.17, 15) is 13.2 Å². The second-order valence-electron chi connectivity index (χ2n) is 3.23. The Bertz CT molecular complexity index is 465. The molecule has 1 aromatic rings. The molecule has 0 bridgehead atoms. The zero-order valence-corrected chi connectivity index (χ0v) is 10.6. The van der Waals surface area contributed by atoms with E-state index in [1.54, 1.807) is 0 Å². The maximum Gasteiger partial charge on any atom is 0.221 e. The van der Waals surface area contributed by atoms with Crippen molar-refractivity contribution in [3.05, 3.63) is 29.3 Å². The number of benzene rings is 1. The van der Waals surface area contributed by atoms with Gasteiger partial charge in [-0.15, -0.1) is 0 Å². The first-order valence-corrected chi connectivity index (χ1v) is 6.99. The van der Waals surface area contributed by atoms with E-state index in [0.717, 1.165) is 0 Å². The van der Waals surface area contributed by atoms with Crippen LogP contribution in [0.15, 0.2) is 29.2 Å².